The molecule has 1 aromatic rings. The van der Waals surface area contributed by atoms with E-state index in [2.05, 4.69) is 38.1 Å². The van der Waals surface area contributed by atoms with Gasteiger partial charge < -0.3 is 5.11 Å². The molecule has 3 fully saturated rings. The van der Waals surface area contributed by atoms with Gasteiger partial charge in [0.05, 0.1) is 6.10 Å². The Balaban J connectivity index is 1.48. The van der Waals surface area contributed by atoms with Crippen LogP contribution in [0.2, 0.25) is 0 Å². The van der Waals surface area contributed by atoms with Crippen LogP contribution in [-0.2, 0) is 4.79 Å². The molecule has 5 rings (SSSR count). The van der Waals surface area contributed by atoms with Crippen LogP contribution in [0.4, 0.5) is 0 Å². The summed E-state index contributed by atoms with van der Waals surface area (Å²) in [5, 5.41) is 10.2. The van der Waals surface area contributed by atoms with E-state index in [1.165, 1.54) is 5.57 Å². The number of aliphatic hydroxyl groups is 1. The lowest BCUT2D eigenvalue weighted by Crippen LogP contribution is -2.50. The first kappa shape index (κ1) is 18.4. The van der Waals surface area contributed by atoms with Crippen molar-refractivity contribution in [3.63, 3.8) is 0 Å². The first-order chi connectivity index (χ1) is 13.4. The summed E-state index contributed by atoms with van der Waals surface area (Å²) in [5.41, 5.74) is 3.73. The van der Waals surface area contributed by atoms with E-state index in [1.807, 2.05) is 18.2 Å². The largest absolute Gasteiger partial charge is 0.393 e. The molecule has 2 nitrogen and oxygen atoms in total. The third-order valence-corrected chi connectivity index (χ3v) is 8.86. The fourth-order valence-electron chi connectivity index (χ4n) is 7.19. The molecule has 1 N–H and O–H groups in total. The van der Waals surface area contributed by atoms with Crippen LogP contribution < -0.4 is 0 Å². The van der Waals surface area contributed by atoms with E-state index in [1.54, 1.807) is 0 Å². The molecule has 0 aliphatic heterocycles. The van der Waals surface area contributed by atoms with Crippen molar-refractivity contribution >= 4 is 11.9 Å². The second-order valence-electron chi connectivity index (χ2n) is 10.2. The van der Waals surface area contributed by atoms with Crippen LogP contribution >= 0.6 is 0 Å². The number of Topliss-reactive ketones (excluding diaryl/α,β-unsaturated/α-hetero) is 1. The number of aliphatic hydroxyl groups excluding tert-OH is 1. The zero-order valence-electron chi connectivity index (χ0n) is 17.2. The van der Waals surface area contributed by atoms with Gasteiger partial charge in [-0.15, -0.1) is 0 Å². The van der Waals surface area contributed by atoms with Crippen LogP contribution in [0.25, 0.3) is 6.08 Å². The Labute approximate surface area is 168 Å². The highest BCUT2D eigenvalue weighted by atomic mass is 16.3. The predicted molar refractivity (Wildman–Crippen MR) is 113 cm³/mol. The van der Waals surface area contributed by atoms with Gasteiger partial charge in [0.1, 0.15) is 0 Å². The summed E-state index contributed by atoms with van der Waals surface area (Å²) in [6, 6.07) is 10.3. The molecule has 3 saturated carbocycles. The van der Waals surface area contributed by atoms with Crippen molar-refractivity contribution in [1.82, 2.24) is 0 Å². The Bertz CT molecular complexity index is 850. The van der Waals surface area contributed by atoms with Gasteiger partial charge in [-0.2, -0.15) is 0 Å². The third-order valence-electron chi connectivity index (χ3n) is 8.86. The number of ketones is 1. The Kier molecular flexibility index (Phi) is 4.21. The monoisotopic (exact) mass is 376 g/mol. The van der Waals surface area contributed by atoms with Gasteiger partial charge in [-0.25, -0.2) is 0 Å². The molecule has 4 aliphatic carbocycles. The van der Waals surface area contributed by atoms with E-state index in [4.69, 9.17) is 0 Å². The standard InChI is InChI=1S/C26H32O2/c1-25-12-10-20(27)16-19(25)8-9-21-22(25)11-13-26(2)23(21)15-18(24(26)28)14-17-6-4-3-5-7-17/h3-8,14,20-23,27H,9-13,15-16H2,1-2H3/t20-,21-,22-,23+,25-,26-/m0/s1. The highest BCUT2D eigenvalue weighted by Gasteiger charge is 2.59. The van der Waals surface area contributed by atoms with Crippen LogP contribution in [0.15, 0.2) is 47.6 Å². The van der Waals surface area contributed by atoms with Gasteiger partial charge >= 0.3 is 0 Å². The molecule has 6 atom stereocenters. The van der Waals surface area contributed by atoms with E-state index in [9.17, 15) is 9.90 Å². The van der Waals surface area contributed by atoms with E-state index < -0.39 is 0 Å². The normalized spacial score (nSPS) is 43.9. The van der Waals surface area contributed by atoms with Gasteiger partial charge in [-0.3, -0.25) is 4.79 Å². The lowest BCUT2D eigenvalue weighted by atomic mass is 9.48. The second kappa shape index (κ2) is 6.42. The second-order valence-corrected chi connectivity index (χ2v) is 10.2. The molecule has 4 aliphatic rings. The molecule has 0 spiro atoms. The lowest BCUT2D eigenvalue weighted by molar-refractivity contribution is -0.130. The number of hydrogen-bond acceptors (Lipinski definition) is 2. The fourth-order valence-corrected chi connectivity index (χ4v) is 7.19. The molecular weight excluding hydrogens is 344 g/mol. The van der Waals surface area contributed by atoms with Crippen molar-refractivity contribution in [3.05, 3.63) is 53.1 Å². The minimum absolute atomic E-state index is 0.154. The Morgan fingerprint density at radius 2 is 1.75 bits per heavy atom. The summed E-state index contributed by atoms with van der Waals surface area (Å²) in [4.78, 5) is 13.4. The fraction of sp³-hybridized carbons (Fsp3) is 0.577. The number of carbonyl (C=O) groups is 1. The predicted octanol–water partition coefficient (Wildman–Crippen LogP) is 5.57. The molecule has 28 heavy (non-hydrogen) atoms. The van der Waals surface area contributed by atoms with E-state index in [0.29, 0.717) is 23.5 Å². The maximum atomic E-state index is 13.4. The zero-order chi connectivity index (χ0) is 19.5. The van der Waals surface area contributed by atoms with Crippen LogP contribution in [0.3, 0.4) is 0 Å². The van der Waals surface area contributed by atoms with E-state index in [0.717, 1.165) is 56.1 Å². The molecule has 0 unspecified atom stereocenters. The summed E-state index contributed by atoms with van der Waals surface area (Å²) in [5.74, 6) is 2.14. The molecule has 148 valence electrons. The van der Waals surface area contributed by atoms with Gasteiger partial charge in [0.15, 0.2) is 5.78 Å². The maximum Gasteiger partial charge on any atom is 0.165 e. The summed E-state index contributed by atoms with van der Waals surface area (Å²) in [6.07, 6.45) is 11.5. The van der Waals surface area contributed by atoms with Crippen LogP contribution in [0.1, 0.15) is 64.4 Å². The minimum Gasteiger partial charge on any atom is -0.393 e. The van der Waals surface area contributed by atoms with Crippen LogP contribution in [0, 0.1) is 28.6 Å². The zero-order valence-corrected chi connectivity index (χ0v) is 17.2. The number of rotatable bonds is 1. The summed E-state index contributed by atoms with van der Waals surface area (Å²) >= 11 is 0. The molecule has 0 amide bonds. The van der Waals surface area contributed by atoms with Crippen LogP contribution in [0.5, 0.6) is 0 Å². The average Bonchev–Trinajstić information content (AvgIpc) is 2.94. The van der Waals surface area contributed by atoms with E-state index >= 15 is 0 Å². The van der Waals surface area contributed by atoms with Gasteiger partial charge in [-0.1, -0.05) is 55.8 Å². The van der Waals surface area contributed by atoms with Gasteiger partial charge in [0.25, 0.3) is 0 Å². The van der Waals surface area contributed by atoms with E-state index in [-0.39, 0.29) is 16.9 Å². The highest BCUT2D eigenvalue weighted by Crippen LogP contribution is 2.64. The first-order valence-corrected chi connectivity index (χ1v) is 11.1. The molecule has 0 heterocycles. The van der Waals surface area contributed by atoms with Gasteiger partial charge in [0.2, 0.25) is 0 Å². The summed E-state index contributed by atoms with van der Waals surface area (Å²) in [7, 11) is 0. The van der Waals surface area contributed by atoms with Crippen molar-refractivity contribution in [2.45, 2.75) is 64.9 Å². The minimum atomic E-state index is -0.183. The quantitative estimate of drug-likeness (QED) is 0.514. The Hall–Kier alpha value is -1.67. The van der Waals surface area contributed by atoms with Crippen molar-refractivity contribution in [2.75, 3.05) is 0 Å². The summed E-state index contributed by atoms with van der Waals surface area (Å²) < 4.78 is 0. The smallest absolute Gasteiger partial charge is 0.165 e. The molecular formula is C26H32O2. The van der Waals surface area contributed by atoms with Crippen molar-refractivity contribution in [1.29, 1.82) is 0 Å². The van der Waals surface area contributed by atoms with Crippen molar-refractivity contribution < 1.29 is 9.90 Å². The molecule has 0 aromatic heterocycles. The topological polar surface area (TPSA) is 37.3 Å². The molecule has 1 aromatic carbocycles. The van der Waals surface area contributed by atoms with Crippen molar-refractivity contribution in [3.8, 4) is 0 Å². The molecule has 2 heteroatoms. The van der Waals surface area contributed by atoms with Gasteiger partial charge in [0, 0.05) is 5.41 Å². The number of hydrogen-bond donors (Lipinski definition) is 1. The first-order valence-electron chi connectivity index (χ1n) is 11.1. The maximum absolute atomic E-state index is 13.4. The summed E-state index contributed by atoms with van der Waals surface area (Å²) in [6.45, 7) is 4.69. The number of allylic oxidation sites excluding steroid dienone is 2. The Morgan fingerprint density at radius 1 is 1.00 bits per heavy atom. The lowest BCUT2D eigenvalue weighted by Gasteiger charge is -2.56. The molecule has 0 radical (unpaired) electrons. The third kappa shape index (κ3) is 2.60. The van der Waals surface area contributed by atoms with Crippen molar-refractivity contribution in [2.24, 2.45) is 28.6 Å². The number of carbonyl (C=O) groups excluding carboxylic acids is 1. The average molecular weight is 377 g/mol. The van der Waals surface area contributed by atoms with Gasteiger partial charge in [-0.05, 0) is 85.3 Å². The SMILES string of the molecule is C[C@]12CC[C@H](O)CC1=CC[C@@H]1[C@H]3CC(=Cc4ccccc4)C(=O)[C@@]3(C)CC[C@@H]12. The highest BCUT2D eigenvalue weighted by molar-refractivity contribution is 6.05. The van der Waals surface area contributed by atoms with Crippen LogP contribution in [-0.4, -0.2) is 17.0 Å². The molecule has 0 saturated heterocycles. The Morgan fingerprint density at radius 3 is 2.54 bits per heavy atom. The number of benzene rings is 1. The number of fused-ring (bicyclic) bond motifs is 5. The molecule has 0 bridgehead atoms.